The molecule has 2 atom stereocenters. The van der Waals surface area contributed by atoms with Crippen molar-refractivity contribution in [3.8, 4) is 0 Å². The van der Waals surface area contributed by atoms with Crippen LogP contribution in [0.2, 0.25) is 0 Å². The Bertz CT molecular complexity index is 593. The van der Waals surface area contributed by atoms with Gasteiger partial charge in [0.25, 0.3) is 0 Å². The summed E-state index contributed by atoms with van der Waals surface area (Å²) in [4.78, 5) is 7.16. The largest absolute Gasteiger partial charge is 0.355 e. The summed E-state index contributed by atoms with van der Waals surface area (Å²) >= 11 is 0. The van der Waals surface area contributed by atoms with Gasteiger partial charge >= 0.3 is 0 Å². The van der Waals surface area contributed by atoms with E-state index in [0.29, 0.717) is 18.1 Å². The predicted molar refractivity (Wildman–Crippen MR) is 114 cm³/mol. The number of rotatable bonds is 6. The van der Waals surface area contributed by atoms with Gasteiger partial charge in [-0.15, -0.1) is 0 Å². The molecule has 2 bridgehead atoms. The Hall–Kier alpha value is -1.59. The number of guanidine groups is 1. The molecule has 5 nitrogen and oxygen atoms in total. The van der Waals surface area contributed by atoms with Crippen molar-refractivity contribution in [1.29, 1.82) is 0 Å². The van der Waals surface area contributed by atoms with Gasteiger partial charge < -0.3 is 16.0 Å². The van der Waals surface area contributed by atoms with Gasteiger partial charge in [-0.3, -0.25) is 9.89 Å². The highest BCUT2D eigenvalue weighted by atomic mass is 15.3. The summed E-state index contributed by atoms with van der Waals surface area (Å²) in [5, 5.41) is 10.6. The molecule has 0 spiro atoms. The molecule has 2 saturated heterocycles. The second-order valence-corrected chi connectivity index (χ2v) is 9.03. The second kappa shape index (κ2) is 9.07. The lowest BCUT2D eigenvalue weighted by Crippen LogP contribution is -2.53. The van der Waals surface area contributed by atoms with Gasteiger partial charge in [-0.1, -0.05) is 30.3 Å². The highest BCUT2D eigenvalue weighted by Crippen LogP contribution is 2.36. The quantitative estimate of drug-likeness (QED) is 0.409. The van der Waals surface area contributed by atoms with E-state index in [0.717, 1.165) is 25.6 Å². The van der Waals surface area contributed by atoms with E-state index in [2.05, 4.69) is 76.9 Å². The number of benzene rings is 1. The minimum Gasteiger partial charge on any atom is -0.355 e. The van der Waals surface area contributed by atoms with Gasteiger partial charge in [0.05, 0.1) is 0 Å². The molecule has 2 aliphatic heterocycles. The first-order valence-electron chi connectivity index (χ1n) is 10.5. The SMILES string of the molecule is CN=C(NCCNC(C)(C)C)NC1CC2CCC(C1)N2Cc1ccccc1. The molecule has 0 aromatic heterocycles. The smallest absolute Gasteiger partial charge is 0.191 e. The molecular formula is C22H37N5. The number of nitrogens with one attached hydrogen (secondary N) is 3. The Balaban J connectivity index is 1.46. The Morgan fingerprint density at radius 2 is 1.74 bits per heavy atom. The van der Waals surface area contributed by atoms with E-state index in [1.807, 2.05) is 7.05 Å². The summed E-state index contributed by atoms with van der Waals surface area (Å²) in [7, 11) is 1.87. The van der Waals surface area contributed by atoms with Gasteiger partial charge in [0.2, 0.25) is 0 Å². The number of nitrogens with zero attached hydrogens (tertiary/aromatic N) is 2. The van der Waals surface area contributed by atoms with E-state index in [-0.39, 0.29) is 5.54 Å². The lowest BCUT2D eigenvalue weighted by molar-refractivity contribution is 0.114. The van der Waals surface area contributed by atoms with E-state index >= 15 is 0 Å². The Kier molecular flexibility index (Phi) is 6.77. The fourth-order valence-corrected chi connectivity index (χ4v) is 4.45. The van der Waals surface area contributed by atoms with Crippen LogP contribution in [-0.4, -0.2) is 54.7 Å². The second-order valence-electron chi connectivity index (χ2n) is 9.03. The summed E-state index contributed by atoms with van der Waals surface area (Å²) in [6.07, 6.45) is 5.09. The van der Waals surface area contributed by atoms with Crippen LogP contribution in [0.5, 0.6) is 0 Å². The molecule has 0 saturated carbocycles. The maximum Gasteiger partial charge on any atom is 0.191 e. The lowest BCUT2D eigenvalue weighted by atomic mass is 9.96. The average Bonchev–Trinajstić information content (AvgIpc) is 2.87. The van der Waals surface area contributed by atoms with Gasteiger partial charge in [-0.05, 0) is 52.0 Å². The fraction of sp³-hybridized carbons (Fsp3) is 0.682. The topological polar surface area (TPSA) is 51.7 Å². The molecule has 2 fully saturated rings. The Morgan fingerprint density at radius 1 is 1.07 bits per heavy atom. The van der Waals surface area contributed by atoms with Gasteiger partial charge in [-0.2, -0.15) is 0 Å². The minimum atomic E-state index is 0.156. The summed E-state index contributed by atoms with van der Waals surface area (Å²) in [6.45, 7) is 9.49. The zero-order chi connectivity index (χ0) is 19.3. The zero-order valence-corrected chi connectivity index (χ0v) is 17.5. The van der Waals surface area contributed by atoms with Gasteiger partial charge in [0, 0.05) is 50.3 Å². The molecule has 2 unspecified atom stereocenters. The molecule has 3 N–H and O–H groups in total. The first-order chi connectivity index (χ1) is 12.9. The molecular weight excluding hydrogens is 334 g/mol. The van der Waals surface area contributed by atoms with Crippen molar-refractivity contribution in [3.05, 3.63) is 35.9 Å². The van der Waals surface area contributed by atoms with Crippen molar-refractivity contribution < 1.29 is 0 Å². The number of piperidine rings is 1. The normalized spacial score (nSPS) is 26.2. The monoisotopic (exact) mass is 371 g/mol. The van der Waals surface area contributed by atoms with Crippen LogP contribution >= 0.6 is 0 Å². The molecule has 0 radical (unpaired) electrons. The fourth-order valence-electron chi connectivity index (χ4n) is 4.45. The van der Waals surface area contributed by atoms with Crippen LogP contribution in [0.25, 0.3) is 0 Å². The molecule has 1 aromatic carbocycles. The maximum absolute atomic E-state index is 4.43. The number of hydrogen-bond donors (Lipinski definition) is 3. The van der Waals surface area contributed by atoms with Crippen LogP contribution < -0.4 is 16.0 Å². The molecule has 2 heterocycles. The third-order valence-corrected chi connectivity index (χ3v) is 5.73. The highest BCUT2D eigenvalue weighted by Gasteiger charge is 2.40. The van der Waals surface area contributed by atoms with Crippen molar-refractivity contribution in [2.75, 3.05) is 20.1 Å². The first-order valence-corrected chi connectivity index (χ1v) is 10.5. The molecule has 27 heavy (non-hydrogen) atoms. The van der Waals surface area contributed by atoms with Crippen molar-refractivity contribution in [3.63, 3.8) is 0 Å². The summed E-state index contributed by atoms with van der Waals surface area (Å²) < 4.78 is 0. The molecule has 1 aromatic rings. The van der Waals surface area contributed by atoms with Crippen LogP contribution in [-0.2, 0) is 6.54 Å². The number of fused-ring (bicyclic) bond motifs is 2. The highest BCUT2D eigenvalue weighted by molar-refractivity contribution is 5.80. The van der Waals surface area contributed by atoms with Crippen LogP contribution in [0.15, 0.2) is 35.3 Å². The lowest BCUT2D eigenvalue weighted by Gasteiger charge is -2.39. The summed E-state index contributed by atoms with van der Waals surface area (Å²) in [5.74, 6) is 0.937. The minimum absolute atomic E-state index is 0.156. The molecule has 2 aliphatic rings. The summed E-state index contributed by atoms with van der Waals surface area (Å²) in [5.41, 5.74) is 1.59. The number of hydrogen-bond acceptors (Lipinski definition) is 3. The van der Waals surface area contributed by atoms with Crippen LogP contribution in [0, 0.1) is 0 Å². The van der Waals surface area contributed by atoms with Crippen LogP contribution in [0.4, 0.5) is 0 Å². The number of aliphatic imine (C=N–C) groups is 1. The third-order valence-electron chi connectivity index (χ3n) is 5.73. The van der Waals surface area contributed by atoms with Crippen LogP contribution in [0.1, 0.15) is 52.0 Å². The van der Waals surface area contributed by atoms with Crippen LogP contribution in [0.3, 0.4) is 0 Å². The van der Waals surface area contributed by atoms with Crippen molar-refractivity contribution in [1.82, 2.24) is 20.9 Å². The maximum atomic E-state index is 4.43. The summed E-state index contributed by atoms with van der Waals surface area (Å²) in [6, 6.07) is 12.8. The molecule has 3 rings (SSSR count). The van der Waals surface area contributed by atoms with E-state index in [1.165, 1.54) is 31.2 Å². The molecule has 0 amide bonds. The molecule has 0 aliphatic carbocycles. The zero-order valence-electron chi connectivity index (χ0n) is 17.5. The Labute approximate surface area is 165 Å². The van der Waals surface area contributed by atoms with Crippen molar-refractivity contribution in [2.24, 2.45) is 4.99 Å². The van der Waals surface area contributed by atoms with E-state index < -0.39 is 0 Å². The van der Waals surface area contributed by atoms with E-state index in [9.17, 15) is 0 Å². The third kappa shape index (κ3) is 5.94. The molecule has 150 valence electrons. The van der Waals surface area contributed by atoms with Gasteiger partial charge in [0.1, 0.15) is 0 Å². The Morgan fingerprint density at radius 3 is 2.33 bits per heavy atom. The predicted octanol–water partition coefficient (Wildman–Crippen LogP) is 2.74. The first kappa shape index (κ1) is 20.2. The van der Waals surface area contributed by atoms with Crippen molar-refractivity contribution >= 4 is 5.96 Å². The van der Waals surface area contributed by atoms with Gasteiger partial charge in [-0.25, -0.2) is 0 Å². The average molecular weight is 372 g/mol. The van der Waals surface area contributed by atoms with E-state index in [1.54, 1.807) is 0 Å². The van der Waals surface area contributed by atoms with Crippen molar-refractivity contribution in [2.45, 2.75) is 76.7 Å². The molecule has 5 heteroatoms. The van der Waals surface area contributed by atoms with Gasteiger partial charge in [0.15, 0.2) is 5.96 Å². The van der Waals surface area contributed by atoms with E-state index in [4.69, 9.17) is 0 Å². The standard InChI is InChI=1S/C22H37N5/c1-22(2,3)25-13-12-24-21(23-4)26-18-14-19-10-11-20(15-18)27(19)16-17-8-6-5-7-9-17/h5-9,18-20,25H,10-16H2,1-4H3,(H2,23,24,26).